The van der Waals surface area contributed by atoms with E-state index in [-0.39, 0.29) is 44.7 Å². The molecule has 0 radical (unpaired) electrons. The molecule has 3 aliphatic rings. The lowest BCUT2D eigenvalue weighted by molar-refractivity contribution is -0.142. The number of nitrogens with one attached hydrogen (secondary N) is 6. The molecule has 17 heteroatoms. The lowest BCUT2D eigenvalue weighted by atomic mass is 10.0. The second-order valence-corrected chi connectivity index (χ2v) is 15.8. The van der Waals surface area contributed by atoms with E-state index in [1.165, 1.54) is 16.7 Å². The number of carbonyl (C=O) groups is 8. The fourth-order valence-electron chi connectivity index (χ4n) is 7.75. The van der Waals surface area contributed by atoms with E-state index in [0.717, 1.165) is 0 Å². The minimum Gasteiger partial charge on any atom is -0.394 e. The van der Waals surface area contributed by atoms with Crippen LogP contribution in [0.4, 0.5) is 0 Å². The van der Waals surface area contributed by atoms with Gasteiger partial charge in [0.2, 0.25) is 47.3 Å². The Morgan fingerprint density at radius 1 is 0.593 bits per heavy atom. The zero-order chi connectivity index (χ0) is 42.6. The molecule has 0 aliphatic carbocycles. The van der Waals surface area contributed by atoms with Crippen LogP contribution in [0.5, 0.6) is 0 Å². The molecule has 3 saturated heterocycles. The van der Waals surface area contributed by atoms with Gasteiger partial charge in [-0.1, -0.05) is 74.5 Å². The van der Waals surface area contributed by atoms with E-state index in [1.807, 2.05) is 13.8 Å². The molecule has 59 heavy (non-hydrogen) atoms. The Morgan fingerprint density at radius 2 is 1.05 bits per heavy atom. The zero-order valence-corrected chi connectivity index (χ0v) is 33.8. The predicted molar refractivity (Wildman–Crippen MR) is 215 cm³/mol. The Hall–Kier alpha value is -5.84. The second kappa shape index (κ2) is 20.7. The van der Waals surface area contributed by atoms with Crippen LogP contribution >= 0.6 is 0 Å². The highest BCUT2D eigenvalue weighted by atomic mass is 16.3. The highest BCUT2D eigenvalue weighted by Crippen LogP contribution is 2.21. The Balaban J connectivity index is 1.46. The van der Waals surface area contributed by atoms with E-state index in [1.54, 1.807) is 60.7 Å². The number of nitrogens with zero attached hydrogens (tertiary/aromatic N) is 2. The largest absolute Gasteiger partial charge is 0.394 e. The van der Waals surface area contributed by atoms with Crippen LogP contribution in [0, 0.1) is 5.92 Å². The topological polar surface area (TPSA) is 235 Å². The molecule has 0 unspecified atom stereocenters. The molecule has 17 nitrogen and oxygen atoms in total. The summed E-state index contributed by atoms with van der Waals surface area (Å²) in [6.45, 7) is 4.35. The maximum Gasteiger partial charge on any atom is 0.245 e. The average molecular weight is 817 g/mol. The number of hydrogen-bond acceptors (Lipinski definition) is 9. The van der Waals surface area contributed by atoms with Crippen LogP contribution in [-0.2, 0) is 51.2 Å². The van der Waals surface area contributed by atoms with Crippen molar-refractivity contribution in [1.29, 1.82) is 0 Å². The standard InChI is InChI=1S/C42H56N8O9/c1-25(2)20-29-37(54)44-26(3)42(59)50-19-11-17-34(50)41(58)47-31(22-28-14-8-5-9-15-28)38(55)48-32(24-51)39(56)45-30(21-27-12-6-4-7-13-27)36(53)43-23-35(52)49-18-10-16-33(49)40(57)46-29/h4-9,12-15,25-26,29-34,51H,10-11,16-24H2,1-3H3,(H,43,53)(H,44,54)(H,45,56)(H,46,57)(H,47,58)(H,48,55)/t26-,29-,30-,31-,32-,33-,34-/m0/s1. The van der Waals surface area contributed by atoms with Gasteiger partial charge in [-0.15, -0.1) is 0 Å². The number of fused-ring (bicyclic) bond motifs is 2. The lowest BCUT2D eigenvalue weighted by Crippen LogP contribution is -2.61. The van der Waals surface area contributed by atoms with Crippen LogP contribution in [0.3, 0.4) is 0 Å². The van der Waals surface area contributed by atoms with Crippen molar-refractivity contribution in [3.8, 4) is 0 Å². The number of aliphatic hydroxyl groups is 1. The molecule has 3 aliphatic heterocycles. The molecule has 3 fully saturated rings. The third-order valence-corrected chi connectivity index (χ3v) is 10.8. The minimum absolute atomic E-state index is 0.000785. The van der Waals surface area contributed by atoms with Crippen LogP contribution in [-0.4, -0.2) is 131 Å². The highest BCUT2D eigenvalue weighted by molar-refractivity contribution is 5.98. The van der Waals surface area contributed by atoms with Crippen molar-refractivity contribution in [2.45, 2.75) is 108 Å². The molecule has 0 bridgehead atoms. The molecular weight excluding hydrogens is 761 g/mol. The van der Waals surface area contributed by atoms with Gasteiger partial charge in [0.1, 0.15) is 42.3 Å². The van der Waals surface area contributed by atoms with Crippen molar-refractivity contribution in [1.82, 2.24) is 41.7 Å². The molecule has 318 valence electrons. The Morgan fingerprint density at radius 3 is 1.61 bits per heavy atom. The minimum atomic E-state index is -1.55. The summed E-state index contributed by atoms with van der Waals surface area (Å²) in [6.07, 6.45) is 1.82. The van der Waals surface area contributed by atoms with Crippen molar-refractivity contribution >= 4 is 47.3 Å². The summed E-state index contributed by atoms with van der Waals surface area (Å²) in [4.78, 5) is 113. The van der Waals surface area contributed by atoms with E-state index in [2.05, 4.69) is 31.9 Å². The van der Waals surface area contributed by atoms with Crippen molar-refractivity contribution in [3.63, 3.8) is 0 Å². The molecule has 7 N–H and O–H groups in total. The molecule has 0 spiro atoms. The maximum absolute atomic E-state index is 13.9. The van der Waals surface area contributed by atoms with E-state index in [4.69, 9.17) is 0 Å². The SMILES string of the molecule is CC(C)C[C@@H]1NC(=O)[C@@H]2CCCN2C(=O)CNC(=O)[C@H](Cc2ccccc2)NC(=O)[C@H](CO)NC(=O)[C@H](Cc2ccccc2)NC(=O)[C@@H]2CCCN2C(=O)[C@H](C)NC1=O. The summed E-state index contributed by atoms with van der Waals surface area (Å²) in [6, 6.07) is 9.54. The van der Waals surface area contributed by atoms with Crippen LogP contribution in [0.2, 0.25) is 0 Å². The Bertz CT molecular complexity index is 1850. The quantitative estimate of drug-likeness (QED) is 0.183. The van der Waals surface area contributed by atoms with Gasteiger partial charge in [0.05, 0.1) is 13.2 Å². The van der Waals surface area contributed by atoms with Crippen molar-refractivity contribution in [3.05, 3.63) is 71.8 Å². The van der Waals surface area contributed by atoms with Crippen LogP contribution in [0.1, 0.15) is 64.0 Å². The Kier molecular flexibility index (Phi) is 15.6. The monoisotopic (exact) mass is 816 g/mol. The van der Waals surface area contributed by atoms with Crippen LogP contribution in [0.15, 0.2) is 60.7 Å². The van der Waals surface area contributed by atoms with Crippen LogP contribution in [0.25, 0.3) is 0 Å². The lowest BCUT2D eigenvalue weighted by Gasteiger charge is -2.30. The first-order valence-corrected chi connectivity index (χ1v) is 20.3. The first kappa shape index (κ1) is 44.3. The molecule has 0 saturated carbocycles. The number of aliphatic hydroxyl groups excluding tert-OH is 1. The summed E-state index contributed by atoms with van der Waals surface area (Å²) < 4.78 is 0. The van der Waals surface area contributed by atoms with Gasteiger partial charge in [0.25, 0.3) is 0 Å². The smallest absolute Gasteiger partial charge is 0.245 e. The van der Waals surface area contributed by atoms with Gasteiger partial charge in [-0.3, -0.25) is 38.4 Å². The fraction of sp³-hybridized carbons (Fsp3) is 0.524. The van der Waals surface area contributed by atoms with Crippen molar-refractivity contribution in [2.75, 3.05) is 26.2 Å². The number of benzene rings is 2. The van der Waals surface area contributed by atoms with Gasteiger partial charge in [0.15, 0.2) is 0 Å². The number of carbonyl (C=O) groups excluding carboxylic acids is 8. The van der Waals surface area contributed by atoms with Gasteiger partial charge < -0.3 is 46.8 Å². The molecular formula is C42H56N8O9. The average Bonchev–Trinajstić information content (AvgIpc) is 3.92. The number of rotatable bonds is 7. The van der Waals surface area contributed by atoms with E-state index < -0.39 is 103 Å². The predicted octanol–water partition coefficient (Wildman–Crippen LogP) is -0.934. The third kappa shape index (κ3) is 11.9. The molecule has 3 heterocycles. The van der Waals surface area contributed by atoms with E-state index >= 15 is 0 Å². The van der Waals surface area contributed by atoms with Gasteiger partial charge in [-0.05, 0) is 56.1 Å². The Labute approximate surface area is 343 Å². The van der Waals surface area contributed by atoms with Gasteiger partial charge in [-0.25, -0.2) is 0 Å². The first-order chi connectivity index (χ1) is 28.2. The number of hydrogen-bond donors (Lipinski definition) is 7. The molecule has 2 aromatic rings. The van der Waals surface area contributed by atoms with Gasteiger partial charge >= 0.3 is 0 Å². The maximum atomic E-state index is 13.9. The molecule has 8 amide bonds. The first-order valence-electron chi connectivity index (χ1n) is 20.3. The normalized spacial score (nSPS) is 27.1. The van der Waals surface area contributed by atoms with Gasteiger partial charge in [0, 0.05) is 25.9 Å². The summed E-state index contributed by atoms with van der Waals surface area (Å²) in [7, 11) is 0. The summed E-state index contributed by atoms with van der Waals surface area (Å²) >= 11 is 0. The summed E-state index contributed by atoms with van der Waals surface area (Å²) in [5.74, 6) is -5.29. The van der Waals surface area contributed by atoms with E-state index in [9.17, 15) is 43.5 Å². The van der Waals surface area contributed by atoms with E-state index in [0.29, 0.717) is 30.4 Å². The molecule has 5 rings (SSSR count). The van der Waals surface area contributed by atoms with Crippen LogP contribution < -0.4 is 31.9 Å². The second-order valence-electron chi connectivity index (χ2n) is 15.8. The molecule has 7 atom stereocenters. The molecule has 0 aromatic heterocycles. The number of amides is 8. The summed E-state index contributed by atoms with van der Waals surface area (Å²) in [5, 5.41) is 26.3. The zero-order valence-electron chi connectivity index (χ0n) is 33.8. The van der Waals surface area contributed by atoms with Gasteiger partial charge in [-0.2, -0.15) is 0 Å². The summed E-state index contributed by atoms with van der Waals surface area (Å²) in [5.41, 5.74) is 1.35. The van der Waals surface area contributed by atoms with Crippen molar-refractivity contribution in [2.24, 2.45) is 5.92 Å². The highest BCUT2D eigenvalue weighted by Gasteiger charge is 2.40. The molecule has 2 aromatic carbocycles. The van der Waals surface area contributed by atoms with Crippen molar-refractivity contribution < 1.29 is 43.5 Å². The third-order valence-electron chi connectivity index (χ3n) is 10.8. The fourth-order valence-corrected chi connectivity index (χ4v) is 7.75.